The van der Waals surface area contributed by atoms with Gasteiger partial charge in [-0.2, -0.15) is 0 Å². The van der Waals surface area contributed by atoms with Gasteiger partial charge in [-0.05, 0) is 56.3 Å². The molecule has 2 saturated heterocycles. The molecule has 0 bridgehead atoms. The molecule has 4 aromatic rings. The molecule has 43 heavy (non-hydrogen) atoms. The number of nitrogens with one attached hydrogen (secondary N) is 1. The monoisotopic (exact) mass is 582 g/mol. The number of carbonyl (C=O) groups excluding carboxylic acids is 1. The Morgan fingerprint density at radius 1 is 0.977 bits per heavy atom. The minimum Gasteiger partial charge on any atom is -0.367 e. The van der Waals surface area contributed by atoms with E-state index in [4.69, 9.17) is 25.4 Å². The fraction of sp³-hybridized carbons (Fsp3) is 0.455. The quantitative estimate of drug-likeness (QED) is 0.252. The number of ether oxygens (including phenoxy) is 1. The lowest BCUT2D eigenvalue weighted by Crippen LogP contribution is -2.42. The summed E-state index contributed by atoms with van der Waals surface area (Å²) >= 11 is 0. The maximum absolute atomic E-state index is 12.5. The number of amides is 2. The van der Waals surface area contributed by atoms with E-state index < -0.39 is 6.03 Å². The van der Waals surface area contributed by atoms with Crippen molar-refractivity contribution in [3.8, 4) is 0 Å². The zero-order chi connectivity index (χ0) is 29.4. The van der Waals surface area contributed by atoms with Crippen LogP contribution >= 0.6 is 0 Å². The first kappa shape index (κ1) is 29.1. The first-order valence-corrected chi connectivity index (χ1v) is 15.6. The molecule has 2 fully saturated rings. The Kier molecular flexibility index (Phi) is 9.44. The lowest BCUT2D eigenvalue weighted by Gasteiger charge is -2.29. The predicted octanol–water partition coefficient (Wildman–Crippen LogP) is 5.14. The Balaban J connectivity index is 1.30. The number of nitrogens with two attached hydrogens (primary N) is 1. The molecule has 1 atom stereocenters. The molecule has 10 nitrogen and oxygen atoms in total. The molecule has 226 valence electrons. The molecule has 2 aromatic carbocycles. The number of fused-ring (bicyclic) bond motifs is 1. The van der Waals surface area contributed by atoms with Crippen molar-refractivity contribution in [3.63, 3.8) is 0 Å². The smallest absolute Gasteiger partial charge is 0.315 e. The van der Waals surface area contributed by atoms with E-state index in [1.165, 1.54) is 30.4 Å². The number of urea groups is 1. The highest BCUT2D eigenvalue weighted by Gasteiger charge is 2.24. The number of carbonyl (C=O) groups is 1. The van der Waals surface area contributed by atoms with Gasteiger partial charge in [-0.25, -0.2) is 19.7 Å². The van der Waals surface area contributed by atoms with Gasteiger partial charge < -0.3 is 25.6 Å². The molecule has 3 N–H and O–H groups in total. The standard InChI is InChI=1S/C33H42N8O2/c34-33(42)40(20-19-39-17-9-3-10-18-39)23-28-37-31(30-32(38-28)41(24-36-30)29-16-8-11-21-43-29)35-22-27(25-12-4-1-5-13-25)26-14-6-2-7-15-26/h1-2,4-7,12-15,24,27,29H,3,8-11,16-23H2,(H2,34,42)(H,35,37,38). The van der Waals surface area contributed by atoms with Crippen molar-refractivity contribution in [2.24, 2.45) is 5.73 Å². The Hall–Kier alpha value is -4.02. The van der Waals surface area contributed by atoms with Gasteiger partial charge in [-0.3, -0.25) is 4.57 Å². The summed E-state index contributed by atoms with van der Waals surface area (Å²) in [5.74, 6) is 1.28. The first-order valence-electron chi connectivity index (χ1n) is 15.6. The van der Waals surface area contributed by atoms with Crippen LogP contribution in [0, 0.1) is 0 Å². The van der Waals surface area contributed by atoms with Crippen molar-refractivity contribution in [2.75, 3.05) is 44.6 Å². The summed E-state index contributed by atoms with van der Waals surface area (Å²) in [7, 11) is 0. The fourth-order valence-electron chi connectivity index (χ4n) is 6.19. The number of hydrogen-bond donors (Lipinski definition) is 2. The number of anilines is 1. The molecule has 0 radical (unpaired) electrons. The number of rotatable bonds is 11. The summed E-state index contributed by atoms with van der Waals surface area (Å²) in [6, 6.07) is 20.5. The van der Waals surface area contributed by atoms with Gasteiger partial charge in [0, 0.05) is 32.2 Å². The molecule has 6 rings (SSSR count). The zero-order valence-corrected chi connectivity index (χ0v) is 24.8. The number of primary amides is 1. The topological polar surface area (TPSA) is 114 Å². The molecule has 2 amide bonds. The minimum atomic E-state index is -0.465. The van der Waals surface area contributed by atoms with E-state index in [1.807, 2.05) is 16.7 Å². The largest absolute Gasteiger partial charge is 0.367 e. The van der Waals surface area contributed by atoms with E-state index in [2.05, 4.69) is 58.7 Å². The second-order valence-electron chi connectivity index (χ2n) is 11.6. The molecule has 1 unspecified atom stereocenters. The summed E-state index contributed by atoms with van der Waals surface area (Å²) in [6.45, 7) is 5.01. The van der Waals surface area contributed by atoms with Crippen LogP contribution in [0.3, 0.4) is 0 Å². The van der Waals surface area contributed by atoms with Gasteiger partial charge in [0.05, 0.1) is 12.9 Å². The van der Waals surface area contributed by atoms with Crippen molar-refractivity contribution in [2.45, 2.75) is 57.2 Å². The van der Waals surface area contributed by atoms with E-state index in [-0.39, 0.29) is 18.7 Å². The van der Waals surface area contributed by atoms with Crippen LogP contribution < -0.4 is 11.1 Å². The van der Waals surface area contributed by atoms with Gasteiger partial charge in [-0.15, -0.1) is 0 Å². The molecule has 10 heteroatoms. The third-order valence-electron chi connectivity index (χ3n) is 8.59. The third-order valence-corrected chi connectivity index (χ3v) is 8.59. The molecule has 2 aromatic heterocycles. The molecule has 4 heterocycles. The minimum absolute atomic E-state index is 0.103. The first-order chi connectivity index (χ1) is 21.2. The van der Waals surface area contributed by atoms with E-state index >= 15 is 0 Å². The number of benzene rings is 2. The molecule has 0 saturated carbocycles. The van der Waals surface area contributed by atoms with Gasteiger partial charge >= 0.3 is 6.03 Å². The highest BCUT2D eigenvalue weighted by molar-refractivity contribution is 5.83. The second-order valence-corrected chi connectivity index (χ2v) is 11.6. The highest BCUT2D eigenvalue weighted by atomic mass is 16.5. The lowest BCUT2D eigenvalue weighted by molar-refractivity contribution is -0.0298. The number of likely N-dealkylation sites (tertiary alicyclic amines) is 1. The number of aromatic nitrogens is 4. The van der Waals surface area contributed by atoms with Crippen molar-refractivity contribution in [3.05, 3.63) is 83.9 Å². The van der Waals surface area contributed by atoms with Crippen LogP contribution in [0.1, 0.15) is 67.6 Å². The molecular weight excluding hydrogens is 540 g/mol. The van der Waals surface area contributed by atoms with E-state index in [0.29, 0.717) is 35.9 Å². The van der Waals surface area contributed by atoms with Crippen LogP contribution in [-0.4, -0.2) is 74.7 Å². The van der Waals surface area contributed by atoms with Gasteiger partial charge in [-0.1, -0.05) is 67.1 Å². The zero-order valence-electron chi connectivity index (χ0n) is 24.8. The average Bonchev–Trinajstić information content (AvgIpc) is 3.49. The van der Waals surface area contributed by atoms with E-state index in [0.717, 1.165) is 45.5 Å². The molecule has 0 spiro atoms. The molecule has 2 aliphatic heterocycles. The lowest BCUT2D eigenvalue weighted by atomic mass is 9.91. The van der Waals surface area contributed by atoms with E-state index in [9.17, 15) is 4.79 Å². The summed E-state index contributed by atoms with van der Waals surface area (Å²) in [6.07, 6.45) is 8.40. The van der Waals surface area contributed by atoms with Crippen molar-refractivity contribution < 1.29 is 9.53 Å². The number of imidazole rings is 1. The summed E-state index contributed by atoms with van der Waals surface area (Å²) in [5, 5.41) is 3.62. The Bertz CT molecular complexity index is 1430. The van der Waals surface area contributed by atoms with Crippen LogP contribution in [0.4, 0.5) is 10.6 Å². The normalized spacial score (nSPS) is 17.7. The van der Waals surface area contributed by atoms with Crippen molar-refractivity contribution in [1.29, 1.82) is 0 Å². The Morgan fingerprint density at radius 2 is 1.70 bits per heavy atom. The third kappa shape index (κ3) is 7.14. The van der Waals surface area contributed by atoms with Crippen LogP contribution in [0.5, 0.6) is 0 Å². The average molecular weight is 583 g/mol. The predicted molar refractivity (Wildman–Crippen MR) is 168 cm³/mol. The maximum atomic E-state index is 12.5. The molecule has 0 aliphatic carbocycles. The van der Waals surface area contributed by atoms with Gasteiger partial charge in [0.25, 0.3) is 0 Å². The number of piperidine rings is 1. The fourth-order valence-corrected chi connectivity index (χ4v) is 6.19. The SMILES string of the molecule is NC(=O)N(CCN1CCCCC1)Cc1nc(NCC(c2ccccc2)c2ccccc2)c2ncn(C3CCCCO3)c2n1. The maximum Gasteiger partial charge on any atom is 0.315 e. The Labute approximate surface area is 253 Å². The van der Waals surface area contributed by atoms with Crippen molar-refractivity contribution in [1.82, 2.24) is 29.3 Å². The molecule has 2 aliphatic rings. The van der Waals surface area contributed by atoms with Crippen molar-refractivity contribution >= 4 is 23.0 Å². The molecular formula is C33H42N8O2. The number of nitrogens with zero attached hydrogens (tertiary/aromatic N) is 6. The summed E-state index contributed by atoms with van der Waals surface area (Å²) < 4.78 is 8.11. The van der Waals surface area contributed by atoms with E-state index in [1.54, 1.807) is 11.2 Å². The van der Waals surface area contributed by atoms with Crippen LogP contribution in [0.25, 0.3) is 11.2 Å². The van der Waals surface area contributed by atoms with Gasteiger partial charge in [0.15, 0.2) is 22.8 Å². The van der Waals surface area contributed by atoms with Crippen LogP contribution in [-0.2, 0) is 11.3 Å². The second kappa shape index (κ2) is 14.0. The number of hydrogen-bond acceptors (Lipinski definition) is 7. The summed E-state index contributed by atoms with van der Waals surface area (Å²) in [4.78, 5) is 31.2. The van der Waals surface area contributed by atoms with Crippen LogP contribution in [0.15, 0.2) is 67.0 Å². The highest BCUT2D eigenvalue weighted by Crippen LogP contribution is 2.30. The summed E-state index contributed by atoms with van der Waals surface area (Å²) in [5.41, 5.74) is 9.69. The Morgan fingerprint density at radius 3 is 2.35 bits per heavy atom. The van der Waals surface area contributed by atoms with Gasteiger partial charge in [0.2, 0.25) is 0 Å². The van der Waals surface area contributed by atoms with Gasteiger partial charge in [0.1, 0.15) is 6.23 Å². The van der Waals surface area contributed by atoms with Crippen LogP contribution in [0.2, 0.25) is 0 Å².